The van der Waals surface area contributed by atoms with Gasteiger partial charge in [-0.2, -0.15) is 0 Å². The summed E-state index contributed by atoms with van der Waals surface area (Å²) >= 11 is 1.48. The van der Waals surface area contributed by atoms with Gasteiger partial charge in [0.2, 0.25) is 0 Å². The average molecular weight is 302 g/mol. The second kappa shape index (κ2) is 6.20. The lowest BCUT2D eigenvalue weighted by Crippen LogP contribution is -2.35. The second-order valence-corrected chi connectivity index (χ2v) is 6.37. The number of hydrogen-bond donors (Lipinski definition) is 1. The first-order chi connectivity index (χ1) is 8.76. The van der Waals surface area contributed by atoms with E-state index in [0.29, 0.717) is 12.2 Å². The van der Waals surface area contributed by atoms with Gasteiger partial charge in [-0.25, -0.2) is 4.98 Å². The van der Waals surface area contributed by atoms with Crippen LogP contribution in [-0.2, 0) is 6.54 Å². The van der Waals surface area contributed by atoms with Crippen molar-refractivity contribution >= 4 is 29.7 Å². The van der Waals surface area contributed by atoms with Crippen molar-refractivity contribution in [2.45, 2.75) is 32.2 Å². The maximum Gasteiger partial charge on any atom is 0.273 e. The maximum atomic E-state index is 12.4. The van der Waals surface area contributed by atoms with Crippen molar-refractivity contribution in [3.63, 3.8) is 0 Å². The highest BCUT2D eigenvalue weighted by Gasteiger charge is 2.32. The van der Waals surface area contributed by atoms with Crippen LogP contribution in [0.5, 0.6) is 0 Å². The van der Waals surface area contributed by atoms with Crippen LogP contribution in [-0.4, -0.2) is 28.9 Å². The molecule has 0 bridgehead atoms. The highest BCUT2D eigenvalue weighted by atomic mass is 35.5. The number of aromatic nitrogens is 1. The van der Waals surface area contributed by atoms with Gasteiger partial charge in [0.15, 0.2) is 0 Å². The number of nitrogens with zero attached hydrogens (tertiary/aromatic N) is 2. The molecule has 2 aliphatic carbocycles. The molecule has 0 unspecified atom stereocenters. The molecular weight excluding hydrogens is 282 g/mol. The number of carbonyl (C=O) groups excluding carboxylic acids is 1. The molecule has 0 radical (unpaired) electrons. The van der Waals surface area contributed by atoms with Gasteiger partial charge in [-0.15, -0.1) is 23.7 Å². The molecule has 2 aliphatic rings. The lowest BCUT2D eigenvalue weighted by Gasteiger charge is -2.21. The summed E-state index contributed by atoms with van der Waals surface area (Å²) < 4.78 is 0. The zero-order valence-electron chi connectivity index (χ0n) is 10.9. The van der Waals surface area contributed by atoms with E-state index in [1.54, 1.807) is 0 Å². The lowest BCUT2D eigenvalue weighted by atomic mass is 10.3. The maximum absolute atomic E-state index is 12.4. The molecule has 106 valence electrons. The molecule has 2 fully saturated rings. The van der Waals surface area contributed by atoms with Crippen LogP contribution in [0.3, 0.4) is 0 Å². The van der Waals surface area contributed by atoms with Gasteiger partial charge in [-0.1, -0.05) is 0 Å². The zero-order valence-corrected chi connectivity index (χ0v) is 12.5. The third kappa shape index (κ3) is 3.91. The fourth-order valence-corrected chi connectivity index (χ4v) is 2.78. The molecule has 4 nitrogen and oxygen atoms in total. The molecule has 6 heteroatoms. The molecule has 0 spiro atoms. The van der Waals surface area contributed by atoms with Gasteiger partial charge in [0.25, 0.3) is 5.91 Å². The highest BCUT2D eigenvalue weighted by Crippen LogP contribution is 2.34. The Morgan fingerprint density at radius 1 is 1.32 bits per heavy atom. The fraction of sp³-hybridized carbons (Fsp3) is 0.692. The van der Waals surface area contributed by atoms with Crippen LogP contribution in [0.25, 0.3) is 0 Å². The minimum atomic E-state index is 0. The van der Waals surface area contributed by atoms with Gasteiger partial charge in [-0.3, -0.25) is 4.79 Å². The molecule has 1 aromatic rings. The Morgan fingerprint density at radius 2 is 1.89 bits per heavy atom. The Morgan fingerprint density at radius 3 is 2.32 bits per heavy atom. The van der Waals surface area contributed by atoms with Crippen LogP contribution in [0.2, 0.25) is 0 Å². The summed E-state index contributed by atoms with van der Waals surface area (Å²) in [5, 5.41) is 2.69. The summed E-state index contributed by atoms with van der Waals surface area (Å²) in [6.45, 7) is 2.26. The summed E-state index contributed by atoms with van der Waals surface area (Å²) in [7, 11) is 0. The first-order valence-corrected chi connectivity index (χ1v) is 7.58. The van der Waals surface area contributed by atoms with Gasteiger partial charge >= 0.3 is 0 Å². The molecule has 2 N–H and O–H groups in total. The summed E-state index contributed by atoms with van der Waals surface area (Å²) in [6.07, 6.45) is 5.11. The number of halogens is 1. The molecule has 0 aliphatic heterocycles. The Labute approximate surface area is 123 Å². The predicted octanol–water partition coefficient (Wildman–Crippen LogP) is 2.29. The van der Waals surface area contributed by atoms with Crippen molar-refractivity contribution < 1.29 is 4.79 Å². The average Bonchev–Trinajstić information content (AvgIpc) is 3.29. The highest BCUT2D eigenvalue weighted by molar-refractivity contribution is 7.09. The summed E-state index contributed by atoms with van der Waals surface area (Å²) in [5.41, 5.74) is 6.13. The molecule has 2 saturated carbocycles. The SMILES string of the molecule is Cl.NCc1nc(C(=O)N(CC2CC2)CC2CC2)cs1. The lowest BCUT2D eigenvalue weighted by molar-refractivity contribution is 0.0734. The van der Waals surface area contributed by atoms with Crippen LogP contribution in [0.15, 0.2) is 5.38 Å². The number of amides is 1. The van der Waals surface area contributed by atoms with E-state index in [9.17, 15) is 4.79 Å². The molecule has 0 aromatic carbocycles. The molecule has 0 atom stereocenters. The van der Waals surface area contributed by atoms with E-state index in [4.69, 9.17) is 5.73 Å². The summed E-state index contributed by atoms with van der Waals surface area (Å²) in [6, 6.07) is 0. The van der Waals surface area contributed by atoms with E-state index < -0.39 is 0 Å². The van der Waals surface area contributed by atoms with Crippen LogP contribution in [0.1, 0.15) is 41.2 Å². The summed E-state index contributed by atoms with van der Waals surface area (Å²) in [5.74, 6) is 1.57. The normalized spacial score (nSPS) is 17.9. The number of rotatable bonds is 6. The van der Waals surface area contributed by atoms with Crippen LogP contribution in [0, 0.1) is 11.8 Å². The second-order valence-electron chi connectivity index (χ2n) is 5.43. The largest absolute Gasteiger partial charge is 0.337 e. The van der Waals surface area contributed by atoms with Gasteiger partial charge in [0, 0.05) is 25.0 Å². The number of thiazole rings is 1. The van der Waals surface area contributed by atoms with E-state index in [-0.39, 0.29) is 18.3 Å². The first-order valence-electron chi connectivity index (χ1n) is 6.70. The van der Waals surface area contributed by atoms with Crippen molar-refractivity contribution in [1.29, 1.82) is 0 Å². The molecule has 1 aromatic heterocycles. The van der Waals surface area contributed by atoms with Crippen LogP contribution >= 0.6 is 23.7 Å². The molecule has 1 amide bonds. The van der Waals surface area contributed by atoms with Crippen molar-refractivity contribution in [1.82, 2.24) is 9.88 Å². The van der Waals surface area contributed by atoms with Gasteiger partial charge in [0.1, 0.15) is 10.7 Å². The Hall–Kier alpha value is -0.650. The van der Waals surface area contributed by atoms with E-state index in [2.05, 4.69) is 4.98 Å². The van der Waals surface area contributed by atoms with Gasteiger partial charge in [0.05, 0.1) is 0 Å². The van der Waals surface area contributed by atoms with Crippen molar-refractivity contribution in [2.24, 2.45) is 17.6 Å². The van der Waals surface area contributed by atoms with E-state index in [1.807, 2.05) is 10.3 Å². The number of nitrogens with two attached hydrogens (primary N) is 1. The smallest absolute Gasteiger partial charge is 0.273 e. The standard InChI is InChI=1S/C13H19N3OS.ClH/c14-5-12-15-11(8-18-12)13(17)16(6-9-1-2-9)7-10-3-4-10;/h8-10H,1-7,14H2;1H. The number of carbonyl (C=O) groups is 1. The zero-order chi connectivity index (χ0) is 12.5. The minimum absolute atomic E-state index is 0. The molecule has 19 heavy (non-hydrogen) atoms. The van der Waals surface area contributed by atoms with Crippen molar-refractivity contribution in [3.8, 4) is 0 Å². The topological polar surface area (TPSA) is 59.2 Å². The molecule has 3 rings (SSSR count). The third-order valence-corrected chi connectivity index (χ3v) is 4.45. The minimum Gasteiger partial charge on any atom is -0.337 e. The first kappa shape index (κ1) is 14.8. The van der Waals surface area contributed by atoms with E-state index in [0.717, 1.165) is 29.9 Å². The molecule has 1 heterocycles. The molecule has 0 saturated heterocycles. The van der Waals surface area contributed by atoms with Crippen molar-refractivity contribution in [3.05, 3.63) is 16.1 Å². The Kier molecular flexibility index (Phi) is 4.81. The fourth-order valence-electron chi connectivity index (χ4n) is 2.13. The predicted molar refractivity (Wildman–Crippen MR) is 78.6 cm³/mol. The quantitative estimate of drug-likeness (QED) is 0.877. The molecular formula is C13H20ClN3OS. The van der Waals surface area contributed by atoms with Crippen molar-refractivity contribution in [2.75, 3.05) is 13.1 Å². The Balaban J connectivity index is 0.00000133. The van der Waals surface area contributed by atoms with Crippen LogP contribution < -0.4 is 5.73 Å². The van der Waals surface area contributed by atoms with Crippen LogP contribution in [0.4, 0.5) is 0 Å². The van der Waals surface area contributed by atoms with Gasteiger partial charge in [-0.05, 0) is 37.5 Å². The number of hydrogen-bond acceptors (Lipinski definition) is 4. The third-order valence-electron chi connectivity index (χ3n) is 3.58. The summed E-state index contributed by atoms with van der Waals surface area (Å²) in [4.78, 5) is 18.8. The monoisotopic (exact) mass is 301 g/mol. The van der Waals surface area contributed by atoms with E-state index in [1.165, 1.54) is 37.0 Å². The van der Waals surface area contributed by atoms with Gasteiger partial charge < -0.3 is 10.6 Å². The Bertz CT molecular complexity index is 429. The van der Waals surface area contributed by atoms with E-state index >= 15 is 0 Å².